The second-order valence-corrected chi connectivity index (χ2v) is 9.52. The molecule has 7 heteroatoms. The molecule has 3 unspecified atom stereocenters. The molecule has 2 aliphatic heterocycles. The highest BCUT2D eigenvalue weighted by Gasteiger charge is 2.31. The quantitative estimate of drug-likeness (QED) is 0.519. The molecular weight excluding hydrogens is 434 g/mol. The van der Waals surface area contributed by atoms with E-state index in [2.05, 4.69) is 11.4 Å². The van der Waals surface area contributed by atoms with E-state index in [1.165, 1.54) is 0 Å². The van der Waals surface area contributed by atoms with E-state index in [1.54, 1.807) is 13.2 Å². The van der Waals surface area contributed by atoms with Crippen LogP contribution in [0.5, 0.6) is 5.75 Å². The monoisotopic (exact) mass is 463 g/mol. The van der Waals surface area contributed by atoms with Crippen LogP contribution in [0, 0.1) is 11.8 Å². The number of hydrogen-bond acceptors (Lipinski definition) is 7. The van der Waals surface area contributed by atoms with Crippen LogP contribution in [0.15, 0.2) is 30.3 Å². The van der Waals surface area contributed by atoms with Gasteiger partial charge in [-0.15, -0.1) is 0 Å². The maximum Gasteiger partial charge on any atom is 0.323 e. The Balaban J connectivity index is 1.28. The van der Waals surface area contributed by atoms with Gasteiger partial charge >= 0.3 is 5.97 Å². The number of carbonyl (C=O) groups excluding carboxylic acids is 3. The van der Waals surface area contributed by atoms with Crippen LogP contribution in [0.3, 0.4) is 0 Å². The molecule has 3 atom stereocenters. The molecule has 1 N–H and O–H groups in total. The van der Waals surface area contributed by atoms with Crippen molar-refractivity contribution in [3.05, 3.63) is 52.6 Å². The van der Waals surface area contributed by atoms with Gasteiger partial charge in [0.25, 0.3) is 0 Å². The Morgan fingerprint density at radius 3 is 2.79 bits per heavy atom. The molecule has 2 heterocycles. The summed E-state index contributed by atoms with van der Waals surface area (Å²) in [5.74, 6) is 0.539. The molecule has 5 rings (SSSR count). The van der Waals surface area contributed by atoms with Gasteiger partial charge in [-0.1, -0.05) is 19.1 Å². The zero-order chi connectivity index (χ0) is 23.8. The number of hydrogen-bond donors (Lipinski definition) is 1. The normalized spacial score (nSPS) is 22.9. The molecule has 34 heavy (non-hydrogen) atoms. The first-order valence-corrected chi connectivity index (χ1v) is 11.8. The highest BCUT2D eigenvalue weighted by atomic mass is 16.5. The fraction of sp³-hybridized carbons (Fsp3) is 0.444. The second kappa shape index (κ2) is 9.31. The molecule has 0 amide bonds. The van der Waals surface area contributed by atoms with Gasteiger partial charge in [-0.25, -0.2) is 0 Å². The molecule has 7 nitrogen and oxygen atoms in total. The fourth-order valence-corrected chi connectivity index (χ4v) is 5.14. The number of fused-ring (bicyclic) bond motifs is 4. The van der Waals surface area contributed by atoms with E-state index < -0.39 is 12.0 Å². The van der Waals surface area contributed by atoms with Crippen molar-refractivity contribution in [2.24, 2.45) is 11.8 Å². The van der Waals surface area contributed by atoms with Crippen molar-refractivity contribution in [1.82, 2.24) is 5.32 Å². The van der Waals surface area contributed by atoms with Gasteiger partial charge in [-0.05, 0) is 60.1 Å². The molecule has 0 spiro atoms. The highest BCUT2D eigenvalue weighted by Crippen LogP contribution is 2.41. The predicted octanol–water partition coefficient (Wildman–Crippen LogP) is 3.36. The Morgan fingerprint density at radius 1 is 1.12 bits per heavy atom. The van der Waals surface area contributed by atoms with Crippen molar-refractivity contribution in [2.45, 2.75) is 38.8 Å². The van der Waals surface area contributed by atoms with Gasteiger partial charge in [0.15, 0.2) is 18.2 Å². The van der Waals surface area contributed by atoms with Crippen molar-refractivity contribution in [1.29, 1.82) is 0 Å². The maximum atomic E-state index is 12.7. The number of ketones is 2. The lowest BCUT2D eigenvalue weighted by atomic mass is 9.81. The zero-order valence-corrected chi connectivity index (χ0v) is 19.5. The first-order valence-electron chi connectivity index (χ1n) is 11.8. The highest BCUT2D eigenvalue weighted by molar-refractivity contribution is 6.02. The molecule has 2 aromatic carbocycles. The van der Waals surface area contributed by atoms with Crippen molar-refractivity contribution in [2.75, 3.05) is 26.9 Å². The van der Waals surface area contributed by atoms with Crippen molar-refractivity contribution in [3.8, 4) is 16.9 Å². The number of nitrogens with one attached hydrogen (secondary N) is 1. The number of esters is 1. The molecule has 1 saturated heterocycles. The number of rotatable bonds is 6. The van der Waals surface area contributed by atoms with E-state index in [0.29, 0.717) is 37.5 Å². The minimum Gasteiger partial charge on any atom is -0.488 e. The molecule has 3 aliphatic rings. The SMILES string of the molecule is COCC1CNC(C(=O)OCC(=O)c2ccc3c(c2)COc2cc4c(cc2-3)CCC(C)C4=O)C1. The van der Waals surface area contributed by atoms with Gasteiger partial charge in [0.1, 0.15) is 18.4 Å². The average Bonchev–Trinajstić information content (AvgIpc) is 3.32. The van der Waals surface area contributed by atoms with Gasteiger partial charge in [0.05, 0.1) is 6.61 Å². The summed E-state index contributed by atoms with van der Waals surface area (Å²) in [5.41, 5.74) is 5.16. The summed E-state index contributed by atoms with van der Waals surface area (Å²) in [6.07, 6.45) is 2.37. The zero-order valence-electron chi connectivity index (χ0n) is 19.5. The van der Waals surface area contributed by atoms with Crippen LogP contribution in [0.1, 0.15) is 51.6 Å². The molecule has 0 bridgehead atoms. The number of methoxy groups -OCH3 is 1. The van der Waals surface area contributed by atoms with Gasteiger partial charge in [0.2, 0.25) is 0 Å². The van der Waals surface area contributed by atoms with Crippen molar-refractivity contribution >= 4 is 17.5 Å². The molecule has 2 aromatic rings. The molecule has 0 radical (unpaired) electrons. The standard InChI is InChI=1S/C27H29NO6/c1-15-3-4-17-9-22-20-6-5-18(8-19(20)13-33-25(22)10-21(17)26(15)30)24(29)14-34-27(31)23-7-16(11-28-23)12-32-2/h5-6,8-10,15-16,23,28H,3-4,7,11-14H2,1-2H3. The summed E-state index contributed by atoms with van der Waals surface area (Å²) in [5, 5.41) is 3.13. The van der Waals surface area contributed by atoms with Crippen LogP contribution < -0.4 is 10.1 Å². The average molecular weight is 464 g/mol. The number of benzene rings is 2. The molecular formula is C27H29NO6. The maximum absolute atomic E-state index is 12.7. The number of carbonyl (C=O) groups is 3. The molecule has 0 aromatic heterocycles. The Labute approximate surface area is 198 Å². The minimum atomic E-state index is -0.407. The van der Waals surface area contributed by atoms with E-state index >= 15 is 0 Å². The molecule has 1 fully saturated rings. The van der Waals surface area contributed by atoms with Crippen LogP contribution in [0.25, 0.3) is 11.1 Å². The Bertz CT molecular complexity index is 1160. The summed E-state index contributed by atoms with van der Waals surface area (Å²) >= 11 is 0. The molecule has 1 aliphatic carbocycles. The first-order chi connectivity index (χ1) is 16.4. The second-order valence-electron chi connectivity index (χ2n) is 9.52. The molecule has 178 valence electrons. The topological polar surface area (TPSA) is 90.9 Å². The van der Waals surface area contributed by atoms with Crippen molar-refractivity contribution < 1.29 is 28.6 Å². The van der Waals surface area contributed by atoms with Crippen LogP contribution in [-0.2, 0) is 27.3 Å². The summed E-state index contributed by atoms with van der Waals surface area (Å²) in [6, 6.07) is 9.02. The van der Waals surface area contributed by atoms with Crippen molar-refractivity contribution in [3.63, 3.8) is 0 Å². The smallest absolute Gasteiger partial charge is 0.323 e. The summed E-state index contributed by atoms with van der Waals surface area (Å²) in [7, 11) is 1.64. The number of Topliss-reactive ketones (excluding diaryl/α,β-unsaturated/α-hetero) is 2. The molecule has 0 saturated carbocycles. The van der Waals surface area contributed by atoms with Gasteiger partial charge in [-0.2, -0.15) is 0 Å². The van der Waals surface area contributed by atoms with Crippen LogP contribution in [0.2, 0.25) is 0 Å². The first kappa shape index (κ1) is 22.7. The summed E-state index contributed by atoms with van der Waals surface area (Å²) in [4.78, 5) is 37.6. The largest absolute Gasteiger partial charge is 0.488 e. The minimum absolute atomic E-state index is 0.0420. The number of aryl methyl sites for hydroxylation is 1. The van der Waals surface area contributed by atoms with E-state index in [9.17, 15) is 14.4 Å². The Hall–Kier alpha value is -3.03. The predicted molar refractivity (Wildman–Crippen MR) is 125 cm³/mol. The lowest BCUT2D eigenvalue weighted by Crippen LogP contribution is -2.33. The van der Waals surface area contributed by atoms with E-state index in [-0.39, 0.29) is 30.0 Å². The van der Waals surface area contributed by atoms with E-state index in [0.717, 1.165) is 40.7 Å². The number of ether oxygens (including phenoxy) is 3. The Kier molecular flexibility index (Phi) is 6.23. The van der Waals surface area contributed by atoms with Crippen LogP contribution in [-0.4, -0.2) is 50.4 Å². The lowest BCUT2D eigenvalue weighted by Gasteiger charge is -2.26. The third kappa shape index (κ3) is 4.26. The van der Waals surface area contributed by atoms with Crippen LogP contribution >= 0.6 is 0 Å². The fourth-order valence-electron chi connectivity index (χ4n) is 5.14. The van der Waals surface area contributed by atoms with E-state index in [4.69, 9.17) is 14.2 Å². The lowest BCUT2D eigenvalue weighted by molar-refractivity contribution is -0.144. The van der Waals surface area contributed by atoms with Gasteiger partial charge < -0.3 is 19.5 Å². The summed E-state index contributed by atoms with van der Waals surface area (Å²) in [6.45, 7) is 3.28. The van der Waals surface area contributed by atoms with Gasteiger partial charge in [-0.3, -0.25) is 14.4 Å². The third-order valence-corrected chi connectivity index (χ3v) is 7.12. The van der Waals surface area contributed by atoms with Gasteiger partial charge in [0, 0.05) is 36.3 Å². The van der Waals surface area contributed by atoms with E-state index in [1.807, 2.05) is 25.1 Å². The third-order valence-electron chi connectivity index (χ3n) is 7.12. The van der Waals surface area contributed by atoms with Crippen LogP contribution in [0.4, 0.5) is 0 Å². The Morgan fingerprint density at radius 2 is 1.97 bits per heavy atom. The summed E-state index contributed by atoms with van der Waals surface area (Å²) < 4.78 is 16.4.